The molecule has 0 saturated carbocycles. The highest BCUT2D eigenvalue weighted by Gasteiger charge is 2.10. The van der Waals surface area contributed by atoms with Crippen LogP contribution in [0.25, 0.3) is 11.3 Å². The van der Waals surface area contributed by atoms with E-state index in [1.165, 1.54) is 5.56 Å². The van der Waals surface area contributed by atoms with E-state index in [1.807, 2.05) is 12.1 Å². The highest BCUT2D eigenvalue weighted by molar-refractivity contribution is 9.10. The van der Waals surface area contributed by atoms with Gasteiger partial charge in [-0.15, -0.1) is 0 Å². The molecule has 2 aromatic rings. The van der Waals surface area contributed by atoms with E-state index in [0.29, 0.717) is 0 Å². The number of oxazole rings is 1. The van der Waals surface area contributed by atoms with E-state index in [1.54, 1.807) is 6.20 Å². The number of hydrogen-bond donors (Lipinski definition) is 1. The lowest BCUT2D eigenvalue weighted by Gasteiger charge is -2.03. The van der Waals surface area contributed by atoms with Gasteiger partial charge in [-0.1, -0.05) is 25.1 Å². The lowest BCUT2D eigenvalue weighted by Crippen LogP contribution is -2.16. The van der Waals surface area contributed by atoms with Gasteiger partial charge in [0.2, 0.25) is 0 Å². The smallest absolute Gasteiger partial charge is 0.196 e. The summed E-state index contributed by atoms with van der Waals surface area (Å²) in [7, 11) is 0. The fourth-order valence-corrected chi connectivity index (χ4v) is 2.22. The van der Waals surface area contributed by atoms with Crippen molar-refractivity contribution in [3.8, 4) is 11.3 Å². The predicted molar refractivity (Wildman–Crippen MR) is 76.6 cm³/mol. The summed E-state index contributed by atoms with van der Waals surface area (Å²) in [5.74, 6) is 1.59. The van der Waals surface area contributed by atoms with Crippen LogP contribution in [0.5, 0.6) is 0 Å². The van der Waals surface area contributed by atoms with Crippen molar-refractivity contribution in [3.05, 3.63) is 40.3 Å². The normalized spacial score (nSPS) is 10.8. The van der Waals surface area contributed by atoms with E-state index in [4.69, 9.17) is 4.42 Å². The van der Waals surface area contributed by atoms with Crippen molar-refractivity contribution in [1.82, 2.24) is 10.3 Å². The quantitative estimate of drug-likeness (QED) is 0.858. The minimum Gasteiger partial charge on any atom is -0.441 e. The molecule has 1 aromatic carbocycles. The average molecular weight is 309 g/mol. The highest BCUT2D eigenvalue weighted by atomic mass is 79.9. The molecule has 1 heterocycles. The Kier molecular flexibility index (Phi) is 4.55. The average Bonchev–Trinajstić information content (AvgIpc) is 2.82. The van der Waals surface area contributed by atoms with Crippen LogP contribution in [0.15, 0.2) is 33.3 Å². The van der Waals surface area contributed by atoms with Crippen LogP contribution in [-0.2, 0) is 6.42 Å². The summed E-state index contributed by atoms with van der Waals surface area (Å²) in [6.45, 7) is 6.02. The van der Waals surface area contributed by atoms with Gasteiger partial charge >= 0.3 is 0 Å². The molecule has 0 unspecified atom stereocenters. The van der Waals surface area contributed by atoms with Crippen LogP contribution >= 0.6 is 15.9 Å². The van der Waals surface area contributed by atoms with Gasteiger partial charge in [-0.25, -0.2) is 4.98 Å². The van der Waals surface area contributed by atoms with E-state index in [2.05, 4.69) is 46.1 Å². The molecule has 0 aliphatic rings. The summed E-state index contributed by atoms with van der Waals surface area (Å²) in [6, 6.07) is 6.12. The molecule has 96 valence electrons. The summed E-state index contributed by atoms with van der Waals surface area (Å²) < 4.78 is 6.84. The maximum atomic E-state index is 5.77. The van der Waals surface area contributed by atoms with Crippen LogP contribution in [0.2, 0.25) is 0 Å². The van der Waals surface area contributed by atoms with Crippen molar-refractivity contribution in [1.29, 1.82) is 0 Å². The number of aromatic nitrogens is 1. The van der Waals surface area contributed by atoms with Crippen LogP contribution in [0.1, 0.15) is 18.4 Å². The summed E-state index contributed by atoms with van der Waals surface area (Å²) in [4.78, 5) is 4.31. The minimum absolute atomic E-state index is 0.777. The summed E-state index contributed by atoms with van der Waals surface area (Å²) in [5, 5.41) is 3.26. The number of likely N-dealkylation sites (N-methyl/N-ethyl adjacent to an activating group) is 1. The molecular formula is C14H17BrN2O. The fraction of sp³-hybridized carbons (Fsp3) is 0.357. The fourth-order valence-electron chi connectivity index (χ4n) is 1.76. The van der Waals surface area contributed by atoms with Gasteiger partial charge in [0.15, 0.2) is 11.7 Å². The van der Waals surface area contributed by atoms with E-state index in [9.17, 15) is 0 Å². The Morgan fingerprint density at radius 1 is 1.39 bits per heavy atom. The second-order valence-electron chi connectivity index (χ2n) is 4.16. The number of rotatable bonds is 5. The van der Waals surface area contributed by atoms with Crippen LogP contribution in [0.4, 0.5) is 0 Å². The summed E-state index contributed by atoms with van der Waals surface area (Å²) in [5.41, 5.74) is 2.25. The van der Waals surface area contributed by atoms with Crippen LogP contribution < -0.4 is 5.32 Å². The molecule has 0 spiro atoms. The Bertz CT molecular complexity index is 522. The zero-order valence-electron chi connectivity index (χ0n) is 10.7. The molecule has 18 heavy (non-hydrogen) atoms. The Morgan fingerprint density at radius 2 is 2.22 bits per heavy atom. The minimum atomic E-state index is 0.777. The molecule has 0 radical (unpaired) electrons. The third-order valence-electron chi connectivity index (χ3n) is 2.78. The van der Waals surface area contributed by atoms with Gasteiger partial charge in [-0.3, -0.25) is 0 Å². The van der Waals surface area contributed by atoms with Gasteiger partial charge in [0.1, 0.15) is 0 Å². The molecule has 0 saturated heterocycles. The maximum Gasteiger partial charge on any atom is 0.196 e. The number of aryl methyl sites for hydroxylation is 1. The third kappa shape index (κ3) is 3.00. The Labute approximate surface area is 116 Å². The molecule has 0 fully saturated rings. The number of halogens is 1. The van der Waals surface area contributed by atoms with Crippen molar-refractivity contribution < 1.29 is 4.42 Å². The maximum absolute atomic E-state index is 5.77. The second kappa shape index (κ2) is 6.16. The van der Waals surface area contributed by atoms with E-state index < -0.39 is 0 Å². The predicted octanol–water partition coefficient (Wildman–Crippen LogP) is 3.56. The highest BCUT2D eigenvalue weighted by Crippen LogP contribution is 2.31. The first-order valence-corrected chi connectivity index (χ1v) is 6.92. The molecular weight excluding hydrogens is 292 g/mol. The SMILES string of the molecule is CCNCCc1ncc(-c2cccc(C)c2Br)o1. The Hall–Kier alpha value is -1.13. The molecule has 1 N–H and O–H groups in total. The molecule has 0 aliphatic carbocycles. The van der Waals surface area contributed by atoms with Crippen LogP contribution in [0, 0.1) is 6.92 Å². The third-order valence-corrected chi connectivity index (χ3v) is 3.83. The van der Waals surface area contributed by atoms with Gasteiger partial charge < -0.3 is 9.73 Å². The molecule has 2 rings (SSSR count). The van der Waals surface area contributed by atoms with E-state index >= 15 is 0 Å². The zero-order valence-corrected chi connectivity index (χ0v) is 12.3. The Morgan fingerprint density at radius 3 is 3.00 bits per heavy atom. The standard InChI is InChI=1S/C14H17BrN2O/c1-3-16-8-7-13-17-9-12(18-13)11-6-4-5-10(2)14(11)15/h4-6,9,16H,3,7-8H2,1-2H3. The number of nitrogens with one attached hydrogen (secondary N) is 1. The summed E-state index contributed by atoms with van der Waals surface area (Å²) in [6.07, 6.45) is 2.61. The second-order valence-corrected chi connectivity index (χ2v) is 4.95. The molecule has 4 heteroatoms. The van der Waals surface area contributed by atoms with Gasteiger partial charge in [0.05, 0.1) is 6.20 Å². The monoisotopic (exact) mass is 308 g/mol. The zero-order chi connectivity index (χ0) is 13.0. The van der Waals surface area contributed by atoms with Crippen LogP contribution in [0.3, 0.4) is 0 Å². The largest absolute Gasteiger partial charge is 0.441 e. The lowest BCUT2D eigenvalue weighted by atomic mass is 10.1. The van der Waals surface area contributed by atoms with Crippen LogP contribution in [-0.4, -0.2) is 18.1 Å². The molecule has 0 atom stereocenters. The van der Waals surface area contributed by atoms with E-state index in [0.717, 1.165) is 41.2 Å². The summed E-state index contributed by atoms with van der Waals surface area (Å²) >= 11 is 3.59. The first-order chi connectivity index (χ1) is 8.72. The van der Waals surface area contributed by atoms with Crippen molar-refractivity contribution in [2.45, 2.75) is 20.3 Å². The Balaban J connectivity index is 2.16. The van der Waals surface area contributed by atoms with Crippen molar-refractivity contribution in [2.24, 2.45) is 0 Å². The number of hydrogen-bond acceptors (Lipinski definition) is 3. The van der Waals surface area contributed by atoms with Gasteiger partial charge in [-0.2, -0.15) is 0 Å². The van der Waals surface area contributed by atoms with Gasteiger partial charge in [0, 0.05) is 23.0 Å². The molecule has 3 nitrogen and oxygen atoms in total. The topological polar surface area (TPSA) is 38.1 Å². The van der Waals surface area contributed by atoms with Crippen molar-refractivity contribution in [2.75, 3.05) is 13.1 Å². The number of nitrogens with zero attached hydrogens (tertiary/aromatic N) is 1. The molecule has 0 bridgehead atoms. The van der Waals surface area contributed by atoms with Gasteiger partial charge in [-0.05, 0) is 35.0 Å². The van der Waals surface area contributed by atoms with Crippen molar-refractivity contribution >= 4 is 15.9 Å². The first kappa shape index (κ1) is 13.3. The molecule has 1 aromatic heterocycles. The first-order valence-electron chi connectivity index (χ1n) is 6.13. The molecule has 0 aliphatic heterocycles. The van der Waals surface area contributed by atoms with Gasteiger partial charge in [0.25, 0.3) is 0 Å². The number of benzene rings is 1. The van der Waals surface area contributed by atoms with Crippen molar-refractivity contribution in [3.63, 3.8) is 0 Å². The molecule has 0 amide bonds. The lowest BCUT2D eigenvalue weighted by molar-refractivity contribution is 0.497. The van der Waals surface area contributed by atoms with E-state index in [-0.39, 0.29) is 0 Å².